The van der Waals surface area contributed by atoms with Gasteiger partial charge >= 0.3 is 11.4 Å². The minimum atomic E-state index is -0.529. The maximum Gasteiger partial charge on any atom is 0.334 e. The number of carbonyl (C=O) groups is 2. The normalized spacial score (nSPS) is 8.91. The monoisotopic (exact) mass is 178 g/mol. The fourth-order valence-corrected chi connectivity index (χ4v) is 1.02. The van der Waals surface area contributed by atoms with Gasteiger partial charge in [0.2, 0.25) is 0 Å². The van der Waals surface area contributed by atoms with Crippen molar-refractivity contribution in [2.75, 3.05) is 13.2 Å². The molecule has 64 valence electrons. The summed E-state index contributed by atoms with van der Waals surface area (Å²) in [4.78, 5) is 21.2. The van der Waals surface area contributed by atoms with E-state index >= 15 is 0 Å². The first kappa shape index (κ1) is 10.4. The molecule has 0 saturated carbocycles. The van der Waals surface area contributed by atoms with Gasteiger partial charge in [-0.2, -0.15) is 0 Å². The highest BCUT2D eigenvalue weighted by Gasteiger charge is 2.09. The Kier molecular flexibility index (Phi) is 5.75. The van der Waals surface area contributed by atoms with E-state index in [0.29, 0.717) is 13.2 Å². The minimum Gasteiger partial charge on any atom is -0.463 e. The van der Waals surface area contributed by atoms with E-state index in [0.717, 1.165) is 0 Å². The summed E-state index contributed by atoms with van der Waals surface area (Å²) in [6, 6.07) is 0. The van der Waals surface area contributed by atoms with Gasteiger partial charge in [0, 0.05) is 0 Å². The third-order valence-corrected chi connectivity index (χ3v) is 1.45. The summed E-state index contributed by atoms with van der Waals surface area (Å²) in [5, 5.41) is 0. The maximum absolute atomic E-state index is 10.6. The molecule has 0 aliphatic rings. The van der Waals surface area contributed by atoms with Gasteiger partial charge in [0.05, 0.1) is 13.2 Å². The molecule has 4 nitrogen and oxygen atoms in total. The Hall–Kier alpha value is -0.630. The third kappa shape index (κ3) is 5.80. The van der Waals surface area contributed by atoms with Gasteiger partial charge in [0.25, 0.3) is 0 Å². The molecular weight excluding hydrogens is 167 g/mol. The zero-order valence-corrected chi connectivity index (χ0v) is 7.55. The van der Waals surface area contributed by atoms with E-state index in [-0.39, 0.29) is 0 Å². The zero-order chi connectivity index (χ0) is 8.69. The molecule has 11 heavy (non-hydrogen) atoms. The van der Waals surface area contributed by atoms with Crippen molar-refractivity contribution in [3.8, 4) is 0 Å². The topological polar surface area (TPSA) is 52.6 Å². The Morgan fingerprint density at radius 1 is 1.09 bits per heavy atom. The molecule has 0 bridgehead atoms. The van der Waals surface area contributed by atoms with Crippen LogP contribution in [0.1, 0.15) is 13.8 Å². The lowest BCUT2D eigenvalue weighted by molar-refractivity contribution is 0.174. The smallest absolute Gasteiger partial charge is 0.334 e. The Morgan fingerprint density at radius 3 is 1.73 bits per heavy atom. The number of rotatable bonds is 4. The Labute approximate surface area is 67.0 Å². The van der Waals surface area contributed by atoms with Crippen LogP contribution in [0.15, 0.2) is 0 Å². The summed E-state index contributed by atoms with van der Waals surface area (Å²) in [6.45, 7) is 3.97. The van der Waals surface area contributed by atoms with Crippen molar-refractivity contribution in [1.82, 2.24) is 0 Å². The van der Waals surface area contributed by atoms with Crippen LogP contribution in [0.3, 0.4) is 0 Å². The Balaban J connectivity index is 3.49. The predicted molar refractivity (Wildman–Crippen MR) is 42.4 cm³/mol. The summed E-state index contributed by atoms with van der Waals surface area (Å²) in [5.74, 6) is 0. The van der Waals surface area contributed by atoms with Gasteiger partial charge in [-0.25, -0.2) is 9.59 Å². The van der Waals surface area contributed by atoms with E-state index in [9.17, 15) is 9.59 Å². The minimum absolute atomic E-state index is 0.297. The molecule has 0 atom stereocenters. The molecule has 0 heterocycles. The van der Waals surface area contributed by atoms with Gasteiger partial charge in [-0.3, -0.25) is 0 Å². The summed E-state index contributed by atoms with van der Waals surface area (Å²) < 4.78 is 9.06. The lowest BCUT2D eigenvalue weighted by Crippen LogP contribution is -2.01. The van der Waals surface area contributed by atoms with Gasteiger partial charge in [-0.15, -0.1) is 0 Å². The molecule has 0 radical (unpaired) electrons. The Morgan fingerprint density at radius 2 is 1.45 bits per heavy atom. The van der Waals surface area contributed by atoms with Crippen molar-refractivity contribution >= 4 is 20.0 Å². The van der Waals surface area contributed by atoms with E-state index in [1.165, 1.54) is 0 Å². The highest BCUT2D eigenvalue weighted by atomic mass is 31.1. The van der Waals surface area contributed by atoms with Crippen LogP contribution in [0.25, 0.3) is 0 Å². The van der Waals surface area contributed by atoms with Crippen LogP contribution < -0.4 is 0 Å². The molecule has 0 N–H and O–H groups in total. The van der Waals surface area contributed by atoms with Crippen molar-refractivity contribution in [2.45, 2.75) is 13.8 Å². The van der Waals surface area contributed by atoms with E-state index in [1.54, 1.807) is 13.8 Å². The first-order valence-corrected chi connectivity index (χ1v) is 4.31. The number of hydrogen-bond donors (Lipinski definition) is 0. The first-order chi connectivity index (χ1) is 5.20. The number of hydrogen-bond acceptors (Lipinski definition) is 4. The lowest BCUT2D eigenvalue weighted by Gasteiger charge is -2.00. The molecule has 0 fully saturated rings. The van der Waals surface area contributed by atoms with Gasteiger partial charge in [-0.1, -0.05) is 0 Å². The van der Waals surface area contributed by atoms with E-state index < -0.39 is 20.0 Å². The average Bonchev–Trinajstić information content (AvgIpc) is 1.87. The van der Waals surface area contributed by atoms with Crippen LogP contribution in [0.5, 0.6) is 0 Å². The van der Waals surface area contributed by atoms with Crippen LogP contribution in [-0.4, -0.2) is 24.6 Å². The first-order valence-electron chi connectivity index (χ1n) is 3.31. The van der Waals surface area contributed by atoms with E-state index in [4.69, 9.17) is 0 Å². The summed E-state index contributed by atoms with van der Waals surface area (Å²) in [5.41, 5.74) is -1.02. The SMILES string of the molecule is CCOC(=O)PC(=O)OCC. The van der Waals surface area contributed by atoms with Crippen molar-refractivity contribution in [2.24, 2.45) is 0 Å². The second-order valence-electron chi connectivity index (χ2n) is 1.57. The summed E-state index contributed by atoms with van der Waals surface area (Å²) in [7, 11) is -0.529. The van der Waals surface area contributed by atoms with Gasteiger partial charge in [0.15, 0.2) is 0 Å². The van der Waals surface area contributed by atoms with Crippen molar-refractivity contribution < 1.29 is 19.1 Å². The molecule has 0 aromatic rings. The number of carbonyl (C=O) groups excluding carboxylic acids is 2. The molecule has 0 aliphatic carbocycles. The molecule has 0 rings (SSSR count). The molecule has 0 spiro atoms. The second kappa shape index (κ2) is 6.10. The fraction of sp³-hybridized carbons (Fsp3) is 0.667. The lowest BCUT2D eigenvalue weighted by atomic mass is 10.9. The van der Waals surface area contributed by atoms with Crippen LogP contribution in [0.2, 0.25) is 0 Å². The van der Waals surface area contributed by atoms with E-state index in [2.05, 4.69) is 9.47 Å². The predicted octanol–water partition coefficient (Wildman–Crippen LogP) is 1.98. The van der Waals surface area contributed by atoms with Gasteiger partial charge in [0.1, 0.15) is 8.58 Å². The quantitative estimate of drug-likeness (QED) is 0.617. The highest BCUT2D eigenvalue weighted by molar-refractivity contribution is 7.72. The summed E-state index contributed by atoms with van der Waals surface area (Å²) in [6.07, 6.45) is 0. The molecule has 0 saturated heterocycles. The molecule has 0 aromatic carbocycles. The van der Waals surface area contributed by atoms with Crippen molar-refractivity contribution in [3.05, 3.63) is 0 Å². The molecule has 0 amide bonds. The van der Waals surface area contributed by atoms with Crippen LogP contribution in [-0.2, 0) is 9.47 Å². The molecular formula is C6H11O4P. The average molecular weight is 178 g/mol. The molecule has 0 aromatic heterocycles. The van der Waals surface area contributed by atoms with Crippen LogP contribution in [0, 0.1) is 0 Å². The molecule has 0 aliphatic heterocycles. The van der Waals surface area contributed by atoms with Crippen molar-refractivity contribution in [3.63, 3.8) is 0 Å². The molecule has 5 heteroatoms. The maximum atomic E-state index is 10.6. The van der Waals surface area contributed by atoms with Crippen LogP contribution in [0.4, 0.5) is 9.59 Å². The van der Waals surface area contributed by atoms with Gasteiger partial charge in [-0.05, 0) is 13.8 Å². The fourth-order valence-electron chi connectivity index (χ4n) is 0.418. The van der Waals surface area contributed by atoms with Crippen molar-refractivity contribution in [1.29, 1.82) is 0 Å². The van der Waals surface area contributed by atoms with Crippen LogP contribution >= 0.6 is 8.58 Å². The Bertz CT molecular complexity index is 130. The standard InChI is InChI=1S/C6H11O4P/c1-3-9-5(7)11-6(8)10-4-2/h11H,3-4H2,1-2H3. The highest BCUT2D eigenvalue weighted by Crippen LogP contribution is 2.16. The van der Waals surface area contributed by atoms with Gasteiger partial charge < -0.3 is 9.47 Å². The molecule has 0 unspecified atom stereocenters. The third-order valence-electron chi connectivity index (χ3n) is 0.755. The zero-order valence-electron chi connectivity index (χ0n) is 6.55. The largest absolute Gasteiger partial charge is 0.463 e. The van der Waals surface area contributed by atoms with E-state index in [1.807, 2.05) is 0 Å². The number of ether oxygens (including phenoxy) is 2. The summed E-state index contributed by atoms with van der Waals surface area (Å²) >= 11 is 0. The second-order valence-corrected chi connectivity index (χ2v) is 2.63.